The van der Waals surface area contributed by atoms with Crippen LogP contribution in [-0.2, 0) is 5.41 Å². The molecule has 1 nitrogen and oxygen atoms in total. The van der Waals surface area contributed by atoms with Gasteiger partial charge in [-0.05, 0) is 84.9 Å². The van der Waals surface area contributed by atoms with Crippen LogP contribution in [0.2, 0.25) is 0 Å². The lowest BCUT2D eigenvalue weighted by Crippen LogP contribution is -2.28. The molecule has 1 aliphatic rings. The molecule has 0 radical (unpaired) electrons. The fraction of sp³-hybridized carbons (Fsp3) is 0.0196. The van der Waals surface area contributed by atoms with Crippen molar-refractivity contribution in [1.29, 1.82) is 0 Å². The Hall–Kier alpha value is -6.22. The summed E-state index contributed by atoms with van der Waals surface area (Å²) in [7, 11) is 0. The third-order valence-corrected chi connectivity index (χ3v) is 12.2. The first kappa shape index (κ1) is 30.4. The maximum Gasteiger partial charge on any atom is 0.0713 e. The monoisotopic (exact) mass is 737 g/mol. The number of halogens is 1. The number of aromatic nitrogens is 1. The summed E-state index contributed by atoms with van der Waals surface area (Å²) < 4.78 is 3.62. The molecule has 0 N–H and O–H groups in total. The lowest BCUT2D eigenvalue weighted by atomic mass is 9.68. The molecule has 53 heavy (non-hydrogen) atoms. The van der Waals surface area contributed by atoms with E-state index in [-0.39, 0.29) is 0 Å². The third-order valence-electron chi connectivity index (χ3n) is 11.5. The van der Waals surface area contributed by atoms with Gasteiger partial charge in [0.15, 0.2) is 0 Å². The Bertz CT molecular complexity index is 3020. The van der Waals surface area contributed by atoms with Gasteiger partial charge < -0.3 is 4.57 Å². The van der Waals surface area contributed by atoms with Crippen LogP contribution >= 0.6 is 15.9 Å². The first-order chi connectivity index (χ1) is 26.2. The van der Waals surface area contributed by atoms with Gasteiger partial charge >= 0.3 is 0 Å². The van der Waals surface area contributed by atoms with Crippen LogP contribution in [0.1, 0.15) is 22.3 Å². The molecule has 9 aromatic carbocycles. The molecular weight excluding hydrogens is 706 g/mol. The minimum Gasteiger partial charge on any atom is -0.309 e. The minimum absolute atomic E-state index is 0.441. The molecule has 0 fully saturated rings. The number of fused-ring (bicyclic) bond motifs is 11. The lowest BCUT2D eigenvalue weighted by molar-refractivity contribution is 0.768. The molecule has 1 aliphatic carbocycles. The second-order valence-electron chi connectivity index (χ2n) is 14.1. The first-order valence-corrected chi connectivity index (χ1v) is 19.0. The summed E-state index contributed by atoms with van der Waals surface area (Å²) in [4.78, 5) is 0. The van der Waals surface area contributed by atoms with Crippen LogP contribution in [0.15, 0.2) is 199 Å². The molecular formula is C51H32BrN. The van der Waals surface area contributed by atoms with E-state index in [4.69, 9.17) is 0 Å². The normalized spacial score (nSPS) is 13.2. The van der Waals surface area contributed by atoms with Gasteiger partial charge in [-0.15, -0.1) is 0 Å². The van der Waals surface area contributed by atoms with Gasteiger partial charge in [0.05, 0.1) is 16.4 Å². The fourth-order valence-corrected chi connectivity index (χ4v) is 9.90. The molecule has 1 aromatic heterocycles. The van der Waals surface area contributed by atoms with Crippen molar-refractivity contribution in [1.82, 2.24) is 4.57 Å². The number of rotatable bonds is 4. The van der Waals surface area contributed by atoms with Crippen molar-refractivity contribution >= 4 is 59.3 Å². The zero-order valence-electron chi connectivity index (χ0n) is 28.8. The van der Waals surface area contributed by atoms with E-state index in [1.165, 1.54) is 87.9 Å². The Kier molecular flexibility index (Phi) is 6.68. The summed E-state index contributed by atoms with van der Waals surface area (Å²) in [6, 6.07) is 71.7. The summed E-state index contributed by atoms with van der Waals surface area (Å²) in [5.74, 6) is 0. The fourth-order valence-electron chi connectivity index (χ4n) is 9.38. The molecule has 11 rings (SSSR count). The van der Waals surface area contributed by atoms with E-state index in [9.17, 15) is 0 Å². The van der Waals surface area contributed by atoms with E-state index in [2.05, 4.69) is 215 Å². The standard InChI is InChI=1S/C51H32BrN/c52-47-26-14-12-19-37(47)33-27-29-43-48(31-33)53(50-42-24-10-8-21-39(42)38-20-7-9-23-41(38)49(43)50)36-28-30-46-44(32-36)40-22-11-13-25-45(40)51(46,34-15-3-1-4-16-34)35-17-5-2-6-18-35/h1-32H. The van der Waals surface area contributed by atoms with Gasteiger partial charge in [-0.25, -0.2) is 0 Å². The molecule has 0 atom stereocenters. The van der Waals surface area contributed by atoms with Crippen molar-refractivity contribution in [2.45, 2.75) is 5.41 Å². The van der Waals surface area contributed by atoms with Gasteiger partial charge in [0.1, 0.15) is 0 Å². The molecule has 0 bridgehead atoms. The number of nitrogens with zero attached hydrogens (tertiary/aromatic N) is 1. The molecule has 1 heterocycles. The Balaban J connectivity index is 1.28. The highest BCUT2D eigenvalue weighted by Gasteiger charge is 2.46. The third kappa shape index (κ3) is 4.24. The highest BCUT2D eigenvalue weighted by molar-refractivity contribution is 9.10. The quantitative estimate of drug-likeness (QED) is 0.159. The number of benzene rings is 9. The summed E-state index contributed by atoms with van der Waals surface area (Å²) in [6.45, 7) is 0. The molecule has 0 amide bonds. The molecule has 0 aliphatic heterocycles. The first-order valence-electron chi connectivity index (χ1n) is 18.2. The van der Waals surface area contributed by atoms with E-state index >= 15 is 0 Å². The second kappa shape index (κ2) is 11.6. The summed E-state index contributed by atoms with van der Waals surface area (Å²) in [6.07, 6.45) is 0. The molecule has 0 spiro atoms. The van der Waals surface area contributed by atoms with Crippen LogP contribution in [0.5, 0.6) is 0 Å². The second-order valence-corrected chi connectivity index (χ2v) is 15.0. The van der Waals surface area contributed by atoms with E-state index < -0.39 is 5.41 Å². The highest BCUT2D eigenvalue weighted by atomic mass is 79.9. The van der Waals surface area contributed by atoms with Gasteiger partial charge in [-0.1, -0.05) is 186 Å². The molecule has 248 valence electrons. The predicted octanol–water partition coefficient (Wildman–Crippen LogP) is 13.9. The van der Waals surface area contributed by atoms with Crippen LogP contribution in [-0.4, -0.2) is 4.57 Å². The van der Waals surface area contributed by atoms with Crippen LogP contribution in [0.4, 0.5) is 0 Å². The Labute approximate surface area is 316 Å². The summed E-state index contributed by atoms with van der Waals surface area (Å²) in [5, 5.41) is 7.62. The maximum absolute atomic E-state index is 3.85. The maximum atomic E-state index is 3.85. The van der Waals surface area contributed by atoms with Gasteiger partial charge in [0.25, 0.3) is 0 Å². The van der Waals surface area contributed by atoms with Gasteiger partial charge in [0, 0.05) is 26.3 Å². The number of hydrogen-bond donors (Lipinski definition) is 0. The van der Waals surface area contributed by atoms with E-state index in [1.54, 1.807) is 0 Å². The highest BCUT2D eigenvalue weighted by Crippen LogP contribution is 2.56. The largest absolute Gasteiger partial charge is 0.309 e. The molecule has 0 saturated heterocycles. The van der Waals surface area contributed by atoms with Gasteiger partial charge in [0.2, 0.25) is 0 Å². The minimum atomic E-state index is -0.441. The Morgan fingerprint density at radius 3 is 1.68 bits per heavy atom. The van der Waals surface area contributed by atoms with Gasteiger partial charge in [-0.2, -0.15) is 0 Å². The summed E-state index contributed by atoms with van der Waals surface area (Å²) >= 11 is 3.85. The van der Waals surface area contributed by atoms with Crippen molar-refractivity contribution in [3.63, 3.8) is 0 Å². The van der Waals surface area contributed by atoms with E-state index in [1.807, 2.05) is 0 Å². The lowest BCUT2D eigenvalue weighted by Gasteiger charge is -2.33. The average Bonchev–Trinajstić information content (AvgIpc) is 3.73. The van der Waals surface area contributed by atoms with Crippen molar-refractivity contribution < 1.29 is 0 Å². The zero-order valence-corrected chi connectivity index (χ0v) is 30.4. The Morgan fingerprint density at radius 2 is 0.962 bits per heavy atom. The average molecular weight is 739 g/mol. The zero-order chi connectivity index (χ0) is 35.1. The predicted molar refractivity (Wildman–Crippen MR) is 226 cm³/mol. The molecule has 10 aromatic rings. The number of hydrogen-bond acceptors (Lipinski definition) is 0. The smallest absolute Gasteiger partial charge is 0.0713 e. The van der Waals surface area contributed by atoms with Crippen LogP contribution in [0.25, 0.3) is 71.3 Å². The van der Waals surface area contributed by atoms with E-state index in [0.29, 0.717) is 0 Å². The topological polar surface area (TPSA) is 4.93 Å². The SMILES string of the molecule is Brc1ccccc1-c1ccc2c3c4ccccc4c4ccccc4c3n(-c3ccc4c(c3)-c3ccccc3C4(c3ccccc3)c3ccccc3)c2c1. The van der Waals surface area contributed by atoms with Crippen LogP contribution < -0.4 is 0 Å². The van der Waals surface area contributed by atoms with Crippen molar-refractivity contribution in [2.75, 3.05) is 0 Å². The molecule has 2 heteroatoms. The molecule has 0 unspecified atom stereocenters. The van der Waals surface area contributed by atoms with E-state index in [0.717, 1.165) is 10.2 Å². The molecule has 0 saturated carbocycles. The van der Waals surface area contributed by atoms with Crippen molar-refractivity contribution in [3.05, 3.63) is 221 Å². The summed E-state index contributed by atoms with van der Waals surface area (Å²) in [5.41, 5.74) is 13.2. The van der Waals surface area contributed by atoms with Crippen LogP contribution in [0.3, 0.4) is 0 Å². The Morgan fingerprint density at radius 1 is 0.396 bits per heavy atom. The van der Waals surface area contributed by atoms with Crippen LogP contribution in [0, 0.1) is 0 Å². The van der Waals surface area contributed by atoms with Crippen molar-refractivity contribution in [2.24, 2.45) is 0 Å². The van der Waals surface area contributed by atoms with Gasteiger partial charge in [-0.3, -0.25) is 0 Å². The van der Waals surface area contributed by atoms with Crippen molar-refractivity contribution in [3.8, 4) is 27.9 Å².